The molecule has 3 aliphatic rings. The molecule has 8 nitrogen and oxygen atoms in total. The van der Waals surface area contributed by atoms with E-state index in [1.54, 1.807) is 0 Å². The predicted octanol–water partition coefficient (Wildman–Crippen LogP) is 0.448. The van der Waals surface area contributed by atoms with Crippen LogP contribution >= 0.6 is 0 Å². The number of fused-ring (bicyclic) bond motifs is 1. The minimum atomic E-state index is -3.81. The fourth-order valence-electron chi connectivity index (χ4n) is 4.65. The summed E-state index contributed by atoms with van der Waals surface area (Å²) < 4.78 is 41.0. The van der Waals surface area contributed by atoms with E-state index >= 15 is 0 Å². The zero-order valence-corrected chi connectivity index (χ0v) is 17.5. The number of likely N-dealkylation sites (tertiary alicyclic amines) is 1. The van der Waals surface area contributed by atoms with Gasteiger partial charge in [-0.1, -0.05) is 0 Å². The largest absolute Gasteiger partial charge is 0.353 e. The van der Waals surface area contributed by atoms with Gasteiger partial charge in [0.05, 0.1) is 10.9 Å². The SMILES string of the molecule is O=C1NC[C@@H](CCC(=O)N2CCCC2)N2C[C@@H](NS(=O)(=O)c3ccc(F)cc3)C[C@@H]12. The molecule has 10 heteroatoms. The van der Waals surface area contributed by atoms with Gasteiger partial charge in [-0.25, -0.2) is 17.5 Å². The molecule has 0 aromatic heterocycles. The molecule has 0 unspecified atom stereocenters. The summed E-state index contributed by atoms with van der Waals surface area (Å²) in [4.78, 5) is 28.6. The Kier molecular flexibility index (Phi) is 6.08. The summed E-state index contributed by atoms with van der Waals surface area (Å²) in [5.41, 5.74) is 0. The minimum absolute atomic E-state index is 0.000390. The first-order chi connectivity index (χ1) is 14.3. The summed E-state index contributed by atoms with van der Waals surface area (Å²) in [6.07, 6.45) is 3.52. The number of hydrogen-bond donors (Lipinski definition) is 2. The molecular weight excluding hydrogens is 411 g/mol. The van der Waals surface area contributed by atoms with Crippen LogP contribution in [0.4, 0.5) is 4.39 Å². The van der Waals surface area contributed by atoms with Gasteiger partial charge in [0.1, 0.15) is 5.82 Å². The summed E-state index contributed by atoms with van der Waals surface area (Å²) in [5, 5.41) is 2.89. The Hall–Kier alpha value is -2.04. The average Bonchev–Trinajstić information content (AvgIpc) is 3.38. The molecule has 0 aliphatic carbocycles. The maximum absolute atomic E-state index is 13.1. The number of hydrogen-bond acceptors (Lipinski definition) is 5. The second kappa shape index (κ2) is 8.60. The molecule has 3 aliphatic heterocycles. The topological polar surface area (TPSA) is 98.8 Å². The zero-order chi connectivity index (χ0) is 21.3. The van der Waals surface area contributed by atoms with Crippen LogP contribution in [0.1, 0.15) is 32.1 Å². The quantitative estimate of drug-likeness (QED) is 0.672. The summed E-state index contributed by atoms with van der Waals surface area (Å²) in [5.74, 6) is -0.468. The Labute approximate surface area is 175 Å². The van der Waals surface area contributed by atoms with E-state index in [0.717, 1.165) is 38.1 Å². The van der Waals surface area contributed by atoms with E-state index in [4.69, 9.17) is 0 Å². The van der Waals surface area contributed by atoms with Gasteiger partial charge in [0.15, 0.2) is 0 Å². The van der Waals surface area contributed by atoms with Gasteiger partial charge in [-0.05, 0) is 49.9 Å². The van der Waals surface area contributed by atoms with Crippen LogP contribution in [0.3, 0.4) is 0 Å². The van der Waals surface area contributed by atoms with Crippen LogP contribution in [0.5, 0.6) is 0 Å². The van der Waals surface area contributed by atoms with Crippen molar-refractivity contribution in [3.8, 4) is 0 Å². The van der Waals surface area contributed by atoms with Crippen molar-refractivity contribution in [2.24, 2.45) is 0 Å². The highest BCUT2D eigenvalue weighted by Gasteiger charge is 2.44. The molecule has 4 rings (SSSR count). The number of nitrogens with zero attached hydrogens (tertiary/aromatic N) is 2. The summed E-state index contributed by atoms with van der Waals surface area (Å²) >= 11 is 0. The fraction of sp³-hybridized carbons (Fsp3) is 0.600. The monoisotopic (exact) mass is 438 g/mol. The Morgan fingerprint density at radius 1 is 1.20 bits per heavy atom. The fourth-order valence-corrected chi connectivity index (χ4v) is 5.89. The number of halogens is 1. The van der Waals surface area contributed by atoms with Gasteiger partial charge in [0, 0.05) is 44.7 Å². The minimum Gasteiger partial charge on any atom is -0.353 e. The third-order valence-corrected chi connectivity index (χ3v) is 7.76. The number of sulfonamides is 1. The van der Waals surface area contributed by atoms with Crippen LogP contribution in [0.15, 0.2) is 29.2 Å². The van der Waals surface area contributed by atoms with Gasteiger partial charge in [-0.2, -0.15) is 0 Å². The van der Waals surface area contributed by atoms with Crippen LogP contribution in [0.25, 0.3) is 0 Å². The second-order valence-electron chi connectivity index (χ2n) is 8.25. The molecule has 3 saturated heterocycles. The van der Waals surface area contributed by atoms with Crippen molar-refractivity contribution in [1.82, 2.24) is 19.8 Å². The molecular formula is C20H27FN4O4S. The molecule has 2 N–H and O–H groups in total. The lowest BCUT2D eigenvalue weighted by Gasteiger charge is -2.37. The molecule has 2 amide bonds. The molecule has 0 bridgehead atoms. The van der Waals surface area contributed by atoms with Crippen molar-refractivity contribution in [3.63, 3.8) is 0 Å². The number of carbonyl (C=O) groups excluding carboxylic acids is 2. The van der Waals surface area contributed by atoms with Crippen LogP contribution < -0.4 is 10.0 Å². The van der Waals surface area contributed by atoms with Gasteiger partial charge in [-0.15, -0.1) is 0 Å². The Bertz CT molecular complexity index is 902. The molecule has 164 valence electrons. The number of amides is 2. The van der Waals surface area contributed by atoms with Crippen LogP contribution in [-0.2, 0) is 19.6 Å². The summed E-state index contributed by atoms with van der Waals surface area (Å²) in [6.45, 7) is 2.50. The molecule has 1 aromatic carbocycles. The van der Waals surface area contributed by atoms with Gasteiger partial charge >= 0.3 is 0 Å². The predicted molar refractivity (Wildman–Crippen MR) is 107 cm³/mol. The maximum atomic E-state index is 13.1. The lowest BCUT2D eigenvalue weighted by Crippen LogP contribution is -2.58. The van der Waals surface area contributed by atoms with E-state index in [-0.39, 0.29) is 22.8 Å². The first-order valence-electron chi connectivity index (χ1n) is 10.4. The number of carbonyl (C=O) groups is 2. The van der Waals surface area contributed by atoms with E-state index < -0.39 is 27.9 Å². The van der Waals surface area contributed by atoms with E-state index in [9.17, 15) is 22.4 Å². The van der Waals surface area contributed by atoms with Gasteiger partial charge in [0.25, 0.3) is 0 Å². The van der Waals surface area contributed by atoms with Gasteiger partial charge < -0.3 is 10.2 Å². The number of benzene rings is 1. The summed E-state index contributed by atoms with van der Waals surface area (Å²) in [7, 11) is -3.81. The normalized spacial score (nSPS) is 27.2. The van der Waals surface area contributed by atoms with E-state index in [1.807, 2.05) is 9.80 Å². The van der Waals surface area contributed by atoms with Gasteiger partial charge in [0.2, 0.25) is 21.8 Å². The zero-order valence-electron chi connectivity index (χ0n) is 16.7. The van der Waals surface area contributed by atoms with Crippen molar-refractivity contribution in [3.05, 3.63) is 30.1 Å². The number of nitrogens with one attached hydrogen (secondary N) is 2. The number of piperazine rings is 1. The van der Waals surface area contributed by atoms with Crippen molar-refractivity contribution in [2.75, 3.05) is 26.2 Å². The van der Waals surface area contributed by atoms with Crippen molar-refractivity contribution >= 4 is 21.8 Å². The number of rotatable bonds is 6. The first-order valence-corrected chi connectivity index (χ1v) is 11.9. The lowest BCUT2D eigenvalue weighted by atomic mass is 10.0. The average molecular weight is 439 g/mol. The standard InChI is InChI=1S/C20H27FN4O4S/c21-14-3-6-17(7-4-14)30(28,29)23-15-11-18-20(27)22-12-16(25(18)13-15)5-8-19(26)24-9-1-2-10-24/h3-4,6-7,15-16,18,23H,1-2,5,8-13H2,(H,22,27)/t15-,16+,18-/m0/s1. The Morgan fingerprint density at radius 2 is 1.90 bits per heavy atom. The van der Waals surface area contributed by atoms with Crippen LogP contribution in [0.2, 0.25) is 0 Å². The molecule has 3 fully saturated rings. The van der Waals surface area contributed by atoms with Gasteiger partial charge in [-0.3, -0.25) is 14.5 Å². The second-order valence-corrected chi connectivity index (χ2v) is 9.96. The van der Waals surface area contributed by atoms with E-state index in [0.29, 0.717) is 32.4 Å². The van der Waals surface area contributed by atoms with E-state index in [2.05, 4.69) is 10.0 Å². The molecule has 3 atom stereocenters. The summed E-state index contributed by atoms with van der Waals surface area (Å²) in [6, 6.07) is 3.82. The maximum Gasteiger partial charge on any atom is 0.240 e. The Balaban J connectivity index is 1.38. The van der Waals surface area contributed by atoms with Crippen molar-refractivity contribution in [1.29, 1.82) is 0 Å². The highest BCUT2D eigenvalue weighted by Crippen LogP contribution is 2.27. The van der Waals surface area contributed by atoms with Crippen LogP contribution in [0, 0.1) is 5.82 Å². The lowest BCUT2D eigenvalue weighted by molar-refractivity contribution is -0.131. The third kappa shape index (κ3) is 4.50. The molecule has 0 radical (unpaired) electrons. The molecule has 30 heavy (non-hydrogen) atoms. The van der Waals surface area contributed by atoms with E-state index in [1.165, 1.54) is 12.1 Å². The highest BCUT2D eigenvalue weighted by atomic mass is 32.2. The molecule has 0 saturated carbocycles. The first kappa shape index (κ1) is 21.2. The Morgan fingerprint density at radius 3 is 2.60 bits per heavy atom. The molecule has 1 aromatic rings. The molecule has 3 heterocycles. The smallest absolute Gasteiger partial charge is 0.240 e. The highest BCUT2D eigenvalue weighted by molar-refractivity contribution is 7.89. The molecule has 0 spiro atoms. The van der Waals surface area contributed by atoms with Crippen LogP contribution in [-0.4, -0.2) is 74.3 Å². The third-order valence-electron chi connectivity index (χ3n) is 6.22. The van der Waals surface area contributed by atoms with Crippen molar-refractivity contribution < 1.29 is 22.4 Å². The van der Waals surface area contributed by atoms with Crippen molar-refractivity contribution in [2.45, 2.75) is 55.1 Å².